The number of carbonyl (C=O) groups is 1. The van der Waals surface area contributed by atoms with Crippen LogP contribution in [0.4, 0.5) is 5.69 Å². The van der Waals surface area contributed by atoms with Gasteiger partial charge in [-0.15, -0.1) is 0 Å². The van der Waals surface area contributed by atoms with Gasteiger partial charge in [0.15, 0.2) is 0 Å². The predicted molar refractivity (Wildman–Crippen MR) is 75.0 cm³/mol. The van der Waals surface area contributed by atoms with E-state index in [0.717, 1.165) is 28.1 Å². The van der Waals surface area contributed by atoms with E-state index in [1.807, 2.05) is 26.8 Å². The molecule has 6 nitrogen and oxygen atoms in total. The Morgan fingerprint density at radius 1 is 1.60 bits per heavy atom. The first-order chi connectivity index (χ1) is 9.45. The van der Waals surface area contributed by atoms with E-state index >= 15 is 0 Å². The number of hydrogen-bond donors (Lipinski definition) is 1. The standard InChI is InChI=1S/C14H16N4O2/c1-7-4-8-5-9(6-16-18-15)20-12(8)10-11(7)17-13(19)14(10,2)3/h4,9H,5-6H2,1-3H3,(H,17,19). The molecule has 0 bridgehead atoms. The van der Waals surface area contributed by atoms with Gasteiger partial charge in [0, 0.05) is 16.9 Å². The summed E-state index contributed by atoms with van der Waals surface area (Å²) >= 11 is 0. The van der Waals surface area contributed by atoms with Crippen LogP contribution in [-0.2, 0) is 16.6 Å². The lowest BCUT2D eigenvalue weighted by Gasteiger charge is -2.19. The lowest BCUT2D eigenvalue weighted by molar-refractivity contribution is -0.119. The van der Waals surface area contributed by atoms with Gasteiger partial charge in [-0.25, -0.2) is 0 Å². The normalized spacial score (nSPS) is 21.6. The summed E-state index contributed by atoms with van der Waals surface area (Å²) in [6.07, 6.45) is 0.575. The molecule has 0 fully saturated rings. The molecular weight excluding hydrogens is 256 g/mol. The Balaban J connectivity index is 2.09. The largest absolute Gasteiger partial charge is 0.489 e. The van der Waals surface area contributed by atoms with E-state index in [0.29, 0.717) is 13.0 Å². The van der Waals surface area contributed by atoms with Crippen LogP contribution >= 0.6 is 0 Å². The van der Waals surface area contributed by atoms with Crippen molar-refractivity contribution in [2.75, 3.05) is 11.9 Å². The molecule has 1 atom stereocenters. The summed E-state index contributed by atoms with van der Waals surface area (Å²) in [5.74, 6) is 0.776. The minimum atomic E-state index is -0.598. The predicted octanol–water partition coefficient (Wildman–Crippen LogP) is 2.84. The number of nitrogens with one attached hydrogen (secondary N) is 1. The van der Waals surface area contributed by atoms with E-state index in [2.05, 4.69) is 15.3 Å². The molecule has 0 aliphatic carbocycles. The van der Waals surface area contributed by atoms with E-state index in [1.54, 1.807) is 0 Å². The zero-order valence-electron chi connectivity index (χ0n) is 11.7. The molecule has 1 N–H and O–H groups in total. The summed E-state index contributed by atoms with van der Waals surface area (Å²) in [6.45, 7) is 6.10. The fourth-order valence-electron chi connectivity index (χ4n) is 2.98. The van der Waals surface area contributed by atoms with Crippen LogP contribution in [0.2, 0.25) is 0 Å². The minimum absolute atomic E-state index is 0.00824. The monoisotopic (exact) mass is 272 g/mol. The molecule has 0 spiro atoms. The first-order valence-corrected chi connectivity index (χ1v) is 6.61. The second-order valence-corrected chi connectivity index (χ2v) is 5.87. The maximum atomic E-state index is 12.1. The number of anilines is 1. The molecule has 2 aliphatic rings. The Morgan fingerprint density at radius 2 is 2.35 bits per heavy atom. The van der Waals surface area contributed by atoms with Crippen LogP contribution in [0.15, 0.2) is 11.2 Å². The van der Waals surface area contributed by atoms with Gasteiger partial charge in [0.05, 0.1) is 17.6 Å². The third-order valence-electron chi connectivity index (χ3n) is 4.07. The Morgan fingerprint density at radius 3 is 3.05 bits per heavy atom. The van der Waals surface area contributed by atoms with E-state index < -0.39 is 5.41 Å². The van der Waals surface area contributed by atoms with E-state index in [9.17, 15) is 4.79 Å². The highest BCUT2D eigenvalue weighted by atomic mass is 16.5. The summed E-state index contributed by atoms with van der Waals surface area (Å²) in [7, 11) is 0. The van der Waals surface area contributed by atoms with Crippen LogP contribution in [0.5, 0.6) is 5.75 Å². The molecule has 1 aromatic rings. The van der Waals surface area contributed by atoms with Crippen molar-refractivity contribution >= 4 is 11.6 Å². The van der Waals surface area contributed by atoms with Crippen LogP contribution in [0.3, 0.4) is 0 Å². The second-order valence-electron chi connectivity index (χ2n) is 5.87. The topological polar surface area (TPSA) is 87.1 Å². The molecule has 20 heavy (non-hydrogen) atoms. The number of nitrogens with zero attached hydrogens (tertiary/aromatic N) is 3. The van der Waals surface area contributed by atoms with Crippen molar-refractivity contribution in [1.82, 2.24) is 0 Å². The van der Waals surface area contributed by atoms with E-state index in [-0.39, 0.29) is 12.0 Å². The van der Waals surface area contributed by atoms with Crippen LogP contribution in [0.1, 0.15) is 30.5 Å². The SMILES string of the molecule is Cc1cc2c(c3c1NC(=O)C3(C)C)OC(CN=[N+]=[N-])C2. The van der Waals surface area contributed by atoms with Gasteiger partial charge in [0.25, 0.3) is 0 Å². The Bertz CT molecular complexity index is 660. The third kappa shape index (κ3) is 1.65. The zero-order chi connectivity index (χ0) is 14.5. The van der Waals surface area contributed by atoms with Gasteiger partial charge in [-0.2, -0.15) is 0 Å². The maximum absolute atomic E-state index is 12.1. The van der Waals surface area contributed by atoms with Gasteiger partial charge >= 0.3 is 0 Å². The lowest BCUT2D eigenvalue weighted by Crippen LogP contribution is -2.27. The van der Waals surface area contributed by atoms with Gasteiger partial charge in [-0.3, -0.25) is 4.79 Å². The number of amides is 1. The van der Waals surface area contributed by atoms with Gasteiger partial charge in [0.2, 0.25) is 5.91 Å². The van der Waals surface area contributed by atoms with Crippen molar-refractivity contribution in [1.29, 1.82) is 0 Å². The van der Waals surface area contributed by atoms with Gasteiger partial charge < -0.3 is 10.1 Å². The number of azide groups is 1. The lowest BCUT2D eigenvalue weighted by atomic mass is 9.83. The van der Waals surface area contributed by atoms with Crippen molar-refractivity contribution in [2.24, 2.45) is 5.11 Å². The number of aryl methyl sites for hydroxylation is 1. The Hall–Kier alpha value is -2.20. The average molecular weight is 272 g/mol. The summed E-state index contributed by atoms with van der Waals surface area (Å²) in [5.41, 5.74) is 11.7. The molecule has 0 radical (unpaired) electrons. The summed E-state index contributed by atoms with van der Waals surface area (Å²) in [5, 5.41) is 6.52. The smallest absolute Gasteiger partial charge is 0.234 e. The number of benzene rings is 1. The first kappa shape index (κ1) is 12.8. The number of hydrogen-bond acceptors (Lipinski definition) is 3. The number of fused-ring (bicyclic) bond motifs is 3. The molecular formula is C14H16N4O2. The highest BCUT2D eigenvalue weighted by molar-refractivity contribution is 6.07. The molecule has 1 amide bonds. The molecule has 0 saturated heterocycles. The number of ether oxygens (including phenoxy) is 1. The molecule has 2 heterocycles. The van der Waals surface area contributed by atoms with Crippen molar-refractivity contribution < 1.29 is 9.53 Å². The number of rotatable bonds is 2. The summed E-state index contributed by atoms with van der Waals surface area (Å²) in [4.78, 5) is 14.9. The molecule has 1 aromatic carbocycles. The maximum Gasteiger partial charge on any atom is 0.234 e. The van der Waals surface area contributed by atoms with Crippen molar-refractivity contribution in [3.05, 3.63) is 33.2 Å². The van der Waals surface area contributed by atoms with Crippen LogP contribution in [-0.4, -0.2) is 18.6 Å². The van der Waals surface area contributed by atoms with Gasteiger partial charge in [-0.1, -0.05) is 11.2 Å². The van der Waals surface area contributed by atoms with Crippen molar-refractivity contribution in [2.45, 2.75) is 38.7 Å². The molecule has 1 unspecified atom stereocenters. The Labute approximate surface area is 116 Å². The molecule has 2 aliphatic heterocycles. The van der Waals surface area contributed by atoms with E-state index in [4.69, 9.17) is 10.3 Å². The summed E-state index contributed by atoms with van der Waals surface area (Å²) in [6, 6.07) is 2.05. The van der Waals surface area contributed by atoms with Gasteiger partial charge in [-0.05, 0) is 37.4 Å². The van der Waals surface area contributed by atoms with Crippen molar-refractivity contribution in [3.8, 4) is 5.75 Å². The van der Waals surface area contributed by atoms with E-state index in [1.165, 1.54) is 0 Å². The highest BCUT2D eigenvalue weighted by Gasteiger charge is 2.44. The van der Waals surface area contributed by atoms with Gasteiger partial charge in [0.1, 0.15) is 11.9 Å². The molecule has 6 heteroatoms. The summed E-state index contributed by atoms with van der Waals surface area (Å²) < 4.78 is 5.93. The molecule has 104 valence electrons. The third-order valence-corrected chi connectivity index (χ3v) is 4.07. The minimum Gasteiger partial charge on any atom is -0.489 e. The van der Waals surface area contributed by atoms with Crippen LogP contribution in [0.25, 0.3) is 10.4 Å². The average Bonchev–Trinajstić information content (AvgIpc) is 2.87. The quantitative estimate of drug-likeness (QED) is 0.509. The first-order valence-electron chi connectivity index (χ1n) is 6.61. The number of carbonyl (C=O) groups excluding carboxylic acids is 1. The molecule has 0 aromatic heterocycles. The fourth-order valence-corrected chi connectivity index (χ4v) is 2.98. The second kappa shape index (κ2) is 4.15. The zero-order valence-corrected chi connectivity index (χ0v) is 11.7. The fraction of sp³-hybridized carbons (Fsp3) is 0.500. The van der Waals surface area contributed by atoms with Crippen LogP contribution < -0.4 is 10.1 Å². The van der Waals surface area contributed by atoms with Crippen molar-refractivity contribution in [3.63, 3.8) is 0 Å². The Kier molecular flexibility index (Phi) is 2.66. The molecule has 0 saturated carbocycles. The molecule has 3 rings (SSSR count). The highest BCUT2D eigenvalue weighted by Crippen LogP contribution is 2.49. The van der Waals surface area contributed by atoms with Crippen LogP contribution in [0, 0.1) is 6.92 Å².